The molecule has 11 heteroatoms. The van der Waals surface area contributed by atoms with Crippen LogP contribution in [-0.4, -0.2) is 38.5 Å². The maximum Gasteiger partial charge on any atom is 0.333 e. The quantitative estimate of drug-likeness (QED) is 0.222. The van der Waals surface area contributed by atoms with Crippen molar-refractivity contribution in [3.8, 4) is 0 Å². The average Bonchev–Trinajstić information content (AvgIpc) is 2.87. The monoisotopic (exact) mass is 371 g/mol. The molecule has 2 rings (SSSR count). The Morgan fingerprint density at radius 3 is 2.62 bits per heavy atom. The highest BCUT2D eigenvalue weighted by Crippen LogP contribution is 2.30. The molecule has 0 aliphatic carbocycles. The second-order valence-electron chi connectivity index (χ2n) is 4.67. The third kappa shape index (κ3) is 5.20. The molecule has 0 saturated carbocycles. The highest BCUT2D eigenvalue weighted by molar-refractivity contribution is 8.76. The Labute approximate surface area is 144 Å². The van der Waals surface area contributed by atoms with Crippen molar-refractivity contribution in [2.75, 3.05) is 5.75 Å². The molecule has 1 aliphatic rings. The fourth-order valence-corrected chi connectivity index (χ4v) is 3.66. The van der Waals surface area contributed by atoms with E-state index in [0.29, 0.717) is 22.3 Å². The maximum atomic E-state index is 11.6. The zero-order chi connectivity index (χ0) is 17.5. The molecule has 0 N–H and O–H groups in total. The summed E-state index contributed by atoms with van der Waals surface area (Å²) in [6, 6.07) is 2.92. The van der Waals surface area contributed by atoms with Crippen molar-refractivity contribution in [2.24, 2.45) is 0 Å². The molecular formula is C13H13N3O6S2. The third-order valence-electron chi connectivity index (χ3n) is 2.88. The van der Waals surface area contributed by atoms with Gasteiger partial charge in [0.25, 0.3) is 17.5 Å². The molecule has 2 amide bonds. The normalized spacial score (nSPS) is 14.1. The van der Waals surface area contributed by atoms with Crippen molar-refractivity contribution in [1.82, 2.24) is 10.0 Å². The van der Waals surface area contributed by atoms with Crippen molar-refractivity contribution in [3.63, 3.8) is 0 Å². The number of nitrogens with zero attached hydrogens (tertiary/aromatic N) is 3. The lowest BCUT2D eigenvalue weighted by molar-refractivity contribution is -0.385. The summed E-state index contributed by atoms with van der Waals surface area (Å²) < 4.78 is 0. The minimum absolute atomic E-state index is 0.0703. The van der Waals surface area contributed by atoms with Gasteiger partial charge in [-0.1, -0.05) is 10.8 Å². The highest BCUT2D eigenvalue weighted by atomic mass is 33.1. The first-order valence-corrected chi connectivity index (χ1v) is 9.26. The van der Waals surface area contributed by atoms with Crippen LogP contribution in [0.25, 0.3) is 0 Å². The lowest BCUT2D eigenvalue weighted by Gasteiger charge is -2.12. The minimum atomic E-state index is -0.627. The Hall–Kier alpha value is -2.14. The number of rotatable bonds is 8. The second kappa shape index (κ2) is 8.64. The van der Waals surface area contributed by atoms with E-state index in [0.717, 1.165) is 0 Å². The smallest absolute Gasteiger partial charge is 0.330 e. The SMILES string of the molecule is O=C(CCCSSc1ccc([N+](=O)[O-])cn1)ON1C(=O)CCC1=O. The molecule has 128 valence electrons. The van der Waals surface area contributed by atoms with Crippen molar-refractivity contribution >= 4 is 45.1 Å². The molecular weight excluding hydrogens is 358 g/mol. The van der Waals surface area contributed by atoms with Gasteiger partial charge in [-0.05, 0) is 23.3 Å². The van der Waals surface area contributed by atoms with Crippen LogP contribution in [0.4, 0.5) is 5.69 Å². The first kappa shape index (κ1) is 18.2. The van der Waals surface area contributed by atoms with Gasteiger partial charge in [-0.25, -0.2) is 9.78 Å². The summed E-state index contributed by atoms with van der Waals surface area (Å²) in [6.07, 6.45) is 1.91. The number of carbonyl (C=O) groups is 3. The Morgan fingerprint density at radius 1 is 1.33 bits per heavy atom. The number of aromatic nitrogens is 1. The van der Waals surface area contributed by atoms with Gasteiger partial charge in [0, 0.05) is 31.1 Å². The van der Waals surface area contributed by atoms with Crippen molar-refractivity contribution in [3.05, 3.63) is 28.4 Å². The Kier molecular flexibility index (Phi) is 6.55. The molecule has 1 aromatic heterocycles. The van der Waals surface area contributed by atoms with Crippen molar-refractivity contribution in [1.29, 1.82) is 0 Å². The molecule has 1 aliphatic heterocycles. The van der Waals surface area contributed by atoms with Gasteiger partial charge in [0.1, 0.15) is 11.2 Å². The number of hydrogen-bond acceptors (Lipinski definition) is 9. The van der Waals surface area contributed by atoms with E-state index in [2.05, 4.69) is 4.98 Å². The largest absolute Gasteiger partial charge is 0.333 e. The van der Waals surface area contributed by atoms with Crippen LogP contribution in [0, 0.1) is 10.1 Å². The molecule has 1 saturated heterocycles. The molecule has 0 unspecified atom stereocenters. The summed E-state index contributed by atoms with van der Waals surface area (Å²) in [5.74, 6) is -1.01. The van der Waals surface area contributed by atoms with Gasteiger partial charge in [0.2, 0.25) is 0 Å². The van der Waals surface area contributed by atoms with Crippen LogP contribution in [0.1, 0.15) is 25.7 Å². The minimum Gasteiger partial charge on any atom is -0.330 e. The van der Waals surface area contributed by atoms with Crippen LogP contribution in [0.5, 0.6) is 0 Å². The van der Waals surface area contributed by atoms with Gasteiger partial charge in [-0.15, -0.1) is 5.06 Å². The van der Waals surface area contributed by atoms with Gasteiger partial charge in [0.05, 0.1) is 4.92 Å². The van der Waals surface area contributed by atoms with E-state index < -0.39 is 22.7 Å². The summed E-state index contributed by atoms with van der Waals surface area (Å²) in [4.78, 5) is 52.8. The van der Waals surface area contributed by atoms with Crippen LogP contribution >= 0.6 is 21.6 Å². The summed E-state index contributed by atoms with van der Waals surface area (Å²) in [6.45, 7) is 0. The molecule has 0 atom stereocenters. The first-order valence-electron chi connectivity index (χ1n) is 6.94. The molecule has 0 aromatic carbocycles. The van der Waals surface area contributed by atoms with Crippen molar-refractivity contribution in [2.45, 2.75) is 30.7 Å². The standard InChI is InChI=1S/C13H13N3O6S2/c17-11-5-6-12(18)15(11)22-13(19)2-1-7-23-24-10-4-3-9(8-14-10)16(20)21/h3-4,8H,1-2,5-7H2. The fourth-order valence-electron chi connectivity index (χ4n) is 1.71. The van der Waals surface area contributed by atoms with Crippen LogP contribution in [0.2, 0.25) is 0 Å². The lowest BCUT2D eigenvalue weighted by Crippen LogP contribution is -2.31. The number of hydrogen-bond donors (Lipinski definition) is 0. The van der Waals surface area contributed by atoms with Crippen LogP contribution in [0.3, 0.4) is 0 Å². The zero-order valence-electron chi connectivity index (χ0n) is 12.4. The molecule has 0 spiro atoms. The van der Waals surface area contributed by atoms with Crippen LogP contribution in [0.15, 0.2) is 23.4 Å². The van der Waals surface area contributed by atoms with Crippen molar-refractivity contribution < 1.29 is 24.1 Å². The molecule has 0 radical (unpaired) electrons. The zero-order valence-corrected chi connectivity index (χ0v) is 14.0. The predicted octanol–water partition coefficient (Wildman–Crippen LogP) is 2.12. The van der Waals surface area contributed by atoms with E-state index in [1.54, 1.807) is 6.07 Å². The van der Waals surface area contributed by atoms with E-state index >= 15 is 0 Å². The molecule has 2 heterocycles. The van der Waals surface area contributed by atoms with E-state index in [9.17, 15) is 24.5 Å². The fraction of sp³-hybridized carbons (Fsp3) is 0.385. The molecule has 1 aromatic rings. The number of nitro groups is 1. The van der Waals surface area contributed by atoms with Gasteiger partial charge < -0.3 is 4.84 Å². The van der Waals surface area contributed by atoms with Gasteiger partial charge >= 0.3 is 5.97 Å². The van der Waals surface area contributed by atoms with E-state index in [1.165, 1.54) is 33.9 Å². The molecule has 1 fully saturated rings. The van der Waals surface area contributed by atoms with Gasteiger partial charge in [0.15, 0.2) is 0 Å². The number of hydroxylamine groups is 2. The summed E-state index contributed by atoms with van der Waals surface area (Å²) in [5, 5.41) is 11.7. The van der Waals surface area contributed by atoms with Gasteiger partial charge in [-0.3, -0.25) is 19.7 Å². The Morgan fingerprint density at radius 2 is 2.04 bits per heavy atom. The lowest BCUT2D eigenvalue weighted by atomic mass is 10.3. The Bertz CT molecular complexity index is 636. The van der Waals surface area contributed by atoms with Crippen LogP contribution in [-0.2, 0) is 19.2 Å². The predicted molar refractivity (Wildman–Crippen MR) is 85.6 cm³/mol. The summed E-state index contributed by atoms with van der Waals surface area (Å²) in [5.41, 5.74) is -0.0712. The molecule has 0 bridgehead atoms. The molecule has 9 nitrogen and oxygen atoms in total. The first-order chi connectivity index (χ1) is 11.5. The number of amides is 2. The summed E-state index contributed by atoms with van der Waals surface area (Å²) in [7, 11) is 2.77. The average molecular weight is 371 g/mol. The maximum absolute atomic E-state index is 11.6. The Balaban J connectivity index is 1.62. The topological polar surface area (TPSA) is 120 Å². The second-order valence-corrected chi connectivity index (χ2v) is 7.10. The third-order valence-corrected chi connectivity index (χ3v) is 5.23. The summed E-state index contributed by atoms with van der Waals surface area (Å²) >= 11 is 0. The highest BCUT2D eigenvalue weighted by Gasteiger charge is 2.32. The number of pyridine rings is 1. The molecule has 24 heavy (non-hydrogen) atoms. The van der Waals surface area contributed by atoms with E-state index in [4.69, 9.17) is 4.84 Å². The van der Waals surface area contributed by atoms with Gasteiger partial charge in [-0.2, -0.15) is 0 Å². The van der Waals surface area contributed by atoms with Crippen LogP contribution < -0.4 is 0 Å². The van der Waals surface area contributed by atoms with E-state index in [1.807, 2.05) is 0 Å². The number of imide groups is 1. The number of carbonyl (C=O) groups excluding carboxylic acids is 3. The van der Waals surface area contributed by atoms with E-state index in [-0.39, 0.29) is 24.9 Å².